The fraction of sp³-hybridized carbons (Fsp3) is 0.158. The lowest BCUT2D eigenvalue weighted by Gasteiger charge is -2.09. The van der Waals surface area contributed by atoms with E-state index in [2.05, 4.69) is 15.7 Å². The Kier molecular flexibility index (Phi) is 5.43. The van der Waals surface area contributed by atoms with Crippen molar-refractivity contribution in [3.8, 4) is 5.69 Å². The highest BCUT2D eigenvalue weighted by atomic mass is 16.3. The topological polar surface area (TPSA) is 79.2 Å². The molecule has 128 valence electrons. The first kappa shape index (κ1) is 16.7. The minimum absolute atomic E-state index is 0.0418. The van der Waals surface area contributed by atoms with Crippen LogP contribution in [0, 0.1) is 0 Å². The van der Waals surface area contributed by atoms with Crippen molar-refractivity contribution >= 4 is 11.7 Å². The first-order valence-corrected chi connectivity index (χ1v) is 8.08. The number of urea groups is 1. The fourth-order valence-corrected chi connectivity index (χ4v) is 2.43. The molecule has 25 heavy (non-hydrogen) atoms. The minimum atomic E-state index is -0.237. The first-order chi connectivity index (χ1) is 12.2. The summed E-state index contributed by atoms with van der Waals surface area (Å²) in [6.45, 7) is 0.579. The SMILES string of the molecule is O=C(NCCc1ccc(CO)cc1)Nc1ccc(-n2cccn2)cc1. The van der Waals surface area contributed by atoms with Gasteiger partial charge in [0.15, 0.2) is 0 Å². The summed E-state index contributed by atoms with van der Waals surface area (Å²) in [5, 5.41) is 18.8. The zero-order valence-electron chi connectivity index (χ0n) is 13.7. The van der Waals surface area contributed by atoms with Crippen molar-refractivity contribution in [3.05, 3.63) is 78.1 Å². The second kappa shape index (κ2) is 8.12. The molecule has 3 N–H and O–H groups in total. The summed E-state index contributed by atoms with van der Waals surface area (Å²) in [5.74, 6) is 0. The molecular weight excluding hydrogens is 316 g/mol. The van der Waals surface area contributed by atoms with Crippen molar-refractivity contribution in [2.24, 2.45) is 0 Å². The first-order valence-electron chi connectivity index (χ1n) is 8.08. The van der Waals surface area contributed by atoms with E-state index in [0.717, 1.165) is 28.9 Å². The van der Waals surface area contributed by atoms with Crippen LogP contribution in [0.1, 0.15) is 11.1 Å². The molecule has 6 heteroatoms. The van der Waals surface area contributed by atoms with Crippen LogP contribution in [-0.4, -0.2) is 27.5 Å². The number of hydrogen-bond acceptors (Lipinski definition) is 3. The van der Waals surface area contributed by atoms with Crippen LogP contribution in [0.4, 0.5) is 10.5 Å². The average Bonchev–Trinajstić information content (AvgIpc) is 3.18. The summed E-state index contributed by atoms with van der Waals surface area (Å²) in [5.41, 5.74) is 3.65. The normalized spacial score (nSPS) is 10.4. The van der Waals surface area contributed by atoms with E-state index < -0.39 is 0 Å². The Morgan fingerprint density at radius 2 is 1.76 bits per heavy atom. The lowest BCUT2D eigenvalue weighted by molar-refractivity contribution is 0.252. The standard InChI is InChI=1S/C19H20N4O2/c24-14-16-4-2-15(3-5-16)10-12-20-19(25)22-17-6-8-18(9-7-17)23-13-1-11-21-23/h1-9,11,13,24H,10,12,14H2,(H2,20,22,25). The van der Waals surface area contributed by atoms with Crippen molar-refractivity contribution in [2.75, 3.05) is 11.9 Å². The van der Waals surface area contributed by atoms with Gasteiger partial charge in [-0.2, -0.15) is 5.10 Å². The van der Waals surface area contributed by atoms with Crippen molar-refractivity contribution < 1.29 is 9.90 Å². The van der Waals surface area contributed by atoms with Gasteiger partial charge in [0.2, 0.25) is 0 Å². The zero-order valence-corrected chi connectivity index (χ0v) is 13.7. The molecule has 0 atom stereocenters. The number of nitrogens with zero attached hydrogens (tertiary/aromatic N) is 2. The van der Waals surface area contributed by atoms with Gasteiger partial charge in [-0.3, -0.25) is 0 Å². The van der Waals surface area contributed by atoms with E-state index in [-0.39, 0.29) is 12.6 Å². The number of carbonyl (C=O) groups is 1. The third-order valence-corrected chi connectivity index (χ3v) is 3.80. The molecule has 0 fully saturated rings. The molecule has 0 radical (unpaired) electrons. The van der Waals surface area contributed by atoms with E-state index >= 15 is 0 Å². The van der Waals surface area contributed by atoms with Gasteiger partial charge >= 0.3 is 6.03 Å². The Hall–Kier alpha value is -3.12. The van der Waals surface area contributed by atoms with Crippen LogP contribution in [0.3, 0.4) is 0 Å². The molecule has 3 aromatic rings. The van der Waals surface area contributed by atoms with Crippen molar-refractivity contribution in [1.29, 1.82) is 0 Å². The van der Waals surface area contributed by atoms with E-state index in [0.29, 0.717) is 6.54 Å². The van der Waals surface area contributed by atoms with Crippen LogP contribution in [-0.2, 0) is 13.0 Å². The third kappa shape index (κ3) is 4.68. The van der Waals surface area contributed by atoms with E-state index in [1.165, 1.54) is 0 Å². The van der Waals surface area contributed by atoms with Crippen LogP contribution in [0.25, 0.3) is 5.69 Å². The number of aliphatic hydroxyl groups excluding tert-OH is 1. The van der Waals surface area contributed by atoms with Gasteiger partial charge in [0.1, 0.15) is 0 Å². The number of aliphatic hydroxyl groups is 1. The Balaban J connectivity index is 1.45. The molecule has 0 aliphatic carbocycles. The van der Waals surface area contributed by atoms with Crippen LogP contribution >= 0.6 is 0 Å². The molecular formula is C19H20N4O2. The maximum absolute atomic E-state index is 11.9. The molecule has 0 bridgehead atoms. The molecule has 1 heterocycles. The summed E-state index contributed by atoms with van der Waals surface area (Å²) in [4.78, 5) is 11.9. The largest absolute Gasteiger partial charge is 0.392 e. The van der Waals surface area contributed by atoms with Crippen molar-refractivity contribution in [2.45, 2.75) is 13.0 Å². The fourth-order valence-electron chi connectivity index (χ4n) is 2.43. The van der Waals surface area contributed by atoms with Crippen LogP contribution in [0.5, 0.6) is 0 Å². The number of anilines is 1. The molecule has 2 amide bonds. The van der Waals surface area contributed by atoms with E-state index in [1.54, 1.807) is 10.9 Å². The Morgan fingerprint density at radius 1 is 1.04 bits per heavy atom. The Morgan fingerprint density at radius 3 is 2.40 bits per heavy atom. The second-order valence-electron chi connectivity index (χ2n) is 5.60. The smallest absolute Gasteiger partial charge is 0.319 e. The molecule has 0 unspecified atom stereocenters. The lowest BCUT2D eigenvalue weighted by Crippen LogP contribution is -2.30. The van der Waals surface area contributed by atoms with Gasteiger partial charge in [0, 0.05) is 24.6 Å². The van der Waals surface area contributed by atoms with E-state index in [4.69, 9.17) is 5.11 Å². The summed E-state index contributed by atoms with van der Waals surface area (Å²) >= 11 is 0. The molecule has 1 aromatic heterocycles. The van der Waals surface area contributed by atoms with Gasteiger partial charge in [-0.15, -0.1) is 0 Å². The van der Waals surface area contributed by atoms with E-state index in [1.807, 2.05) is 60.8 Å². The van der Waals surface area contributed by atoms with Crippen LogP contribution < -0.4 is 10.6 Å². The quantitative estimate of drug-likeness (QED) is 0.647. The highest BCUT2D eigenvalue weighted by molar-refractivity contribution is 5.89. The summed E-state index contributed by atoms with van der Waals surface area (Å²) in [6, 6.07) is 16.8. The molecule has 0 aliphatic heterocycles. The summed E-state index contributed by atoms with van der Waals surface area (Å²) in [6.07, 6.45) is 4.32. The van der Waals surface area contributed by atoms with Gasteiger partial charge in [-0.25, -0.2) is 9.48 Å². The number of amides is 2. The van der Waals surface area contributed by atoms with Gasteiger partial charge < -0.3 is 15.7 Å². The molecule has 6 nitrogen and oxygen atoms in total. The van der Waals surface area contributed by atoms with Gasteiger partial charge in [0.25, 0.3) is 0 Å². The summed E-state index contributed by atoms with van der Waals surface area (Å²) < 4.78 is 1.76. The highest BCUT2D eigenvalue weighted by Crippen LogP contribution is 2.12. The van der Waals surface area contributed by atoms with Crippen molar-refractivity contribution in [1.82, 2.24) is 15.1 Å². The summed E-state index contributed by atoms with van der Waals surface area (Å²) in [7, 11) is 0. The molecule has 0 saturated heterocycles. The third-order valence-electron chi connectivity index (χ3n) is 3.80. The molecule has 0 spiro atoms. The highest BCUT2D eigenvalue weighted by Gasteiger charge is 2.02. The lowest BCUT2D eigenvalue weighted by atomic mass is 10.1. The second-order valence-corrected chi connectivity index (χ2v) is 5.60. The minimum Gasteiger partial charge on any atom is -0.392 e. The average molecular weight is 336 g/mol. The number of aromatic nitrogens is 2. The molecule has 0 saturated carbocycles. The maximum Gasteiger partial charge on any atom is 0.319 e. The molecule has 3 rings (SSSR count). The maximum atomic E-state index is 11.9. The van der Waals surface area contributed by atoms with E-state index in [9.17, 15) is 4.79 Å². The van der Waals surface area contributed by atoms with Crippen molar-refractivity contribution in [3.63, 3.8) is 0 Å². The number of benzene rings is 2. The number of nitrogens with one attached hydrogen (secondary N) is 2. The van der Waals surface area contributed by atoms with Gasteiger partial charge in [-0.05, 0) is 47.9 Å². The van der Waals surface area contributed by atoms with Crippen LogP contribution in [0.2, 0.25) is 0 Å². The predicted molar refractivity (Wildman–Crippen MR) is 96.7 cm³/mol. The van der Waals surface area contributed by atoms with Crippen LogP contribution in [0.15, 0.2) is 67.0 Å². The predicted octanol–water partition coefficient (Wildman–Crippen LogP) is 2.73. The zero-order chi connectivity index (χ0) is 17.5. The number of carbonyl (C=O) groups excluding carboxylic acids is 1. The molecule has 0 aliphatic rings. The number of rotatable bonds is 6. The number of hydrogen-bond donors (Lipinski definition) is 3. The molecule has 2 aromatic carbocycles. The Bertz CT molecular complexity index is 796. The Labute approximate surface area is 146 Å². The van der Waals surface area contributed by atoms with Gasteiger partial charge in [-0.1, -0.05) is 24.3 Å². The monoisotopic (exact) mass is 336 g/mol. The van der Waals surface area contributed by atoms with Gasteiger partial charge in [0.05, 0.1) is 12.3 Å².